The molecule has 0 spiro atoms. The summed E-state index contributed by atoms with van der Waals surface area (Å²) in [5.74, 6) is -1.50. The number of benzene rings is 1. The number of primary amides is 1. The molecule has 1 saturated carbocycles. The Morgan fingerprint density at radius 3 is 2.26 bits per heavy atom. The monoisotopic (exact) mass is 361 g/mol. The van der Waals surface area contributed by atoms with Crippen LogP contribution in [0.1, 0.15) is 23.2 Å². The third kappa shape index (κ3) is 5.49. The first-order valence-corrected chi connectivity index (χ1v) is 8.60. The van der Waals surface area contributed by atoms with Gasteiger partial charge in [-0.25, -0.2) is 8.42 Å². The summed E-state index contributed by atoms with van der Waals surface area (Å²) >= 11 is 0. The van der Waals surface area contributed by atoms with Crippen molar-refractivity contribution in [2.24, 2.45) is 17.4 Å². The summed E-state index contributed by atoms with van der Waals surface area (Å²) in [6, 6.07) is 5.32. The molecule has 2 rings (SSSR count). The molecule has 1 fully saturated rings. The number of carbonyl (C=O) groups is 2. The Morgan fingerprint density at radius 2 is 1.78 bits per heavy atom. The summed E-state index contributed by atoms with van der Waals surface area (Å²) in [7, 11) is -3.76. The maximum Gasteiger partial charge on any atom is 0.251 e. The number of hydrogen-bond acceptors (Lipinski definition) is 5. The van der Waals surface area contributed by atoms with Gasteiger partial charge in [-0.15, -0.1) is 12.4 Å². The van der Waals surface area contributed by atoms with Gasteiger partial charge in [-0.2, -0.15) is 0 Å². The molecule has 0 aliphatic heterocycles. The number of rotatable bonds is 7. The molecule has 1 atom stereocenters. The first-order chi connectivity index (χ1) is 10.3. The number of hydrogen-bond donors (Lipinski definition) is 3. The minimum absolute atomic E-state index is 0. The predicted molar refractivity (Wildman–Crippen MR) is 88.0 cm³/mol. The third-order valence-corrected chi connectivity index (χ3v) is 5.19. The number of carbonyl (C=O) groups excluding carboxylic acids is 2. The Morgan fingerprint density at radius 1 is 1.22 bits per heavy atom. The largest absolute Gasteiger partial charge is 0.369 e. The zero-order chi connectivity index (χ0) is 16.3. The Balaban J connectivity index is 0.00000264. The second kappa shape index (κ2) is 7.76. The van der Waals surface area contributed by atoms with Crippen molar-refractivity contribution < 1.29 is 18.0 Å². The third-order valence-electron chi connectivity index (χ3n) is 3.53. The lowest BCUT2D eigenvalue weighted by molar-refractivity contribution is -0.115. The number of sulfone groups is 1. The van der Waals surface area contributed by atoms with Gasteiger partial charge < -0.3 is 16.8 Å². The Hall–Kier alpha value is -1.64. The van der Waals surface area contributed by atoms with Gasteiger partial charge in [-0.1, -0.05) is 0 Å². The highest BCUT2D eigenvalue weighted by Gasteiger charge is 2.28. The minimum atomic E-state index is -3.76. The van der Waals surface area contributed by atoms with Crippen LogP contribution in [0.3, 0.4) is 0 Å². The van der Waals surface area contributed by atoms with Crippen LogP contribution in [-0.4, -0.2) is 38.6 Å². The molecule has 0 bridgehead atoms. The van der Waals surface area contributed by atoms with E-state index < -0.39 is 21.5 Å². The molecule has 7 nitrogen and oxygen atoms in total. The van der Waals surface area contributed by atoms with E-state index in [4.69, 9.17) is 11.5 Å². The number of amides is 2. The smallest absolute Gasteiger partial charge is 0.251 e. The van der Waals surface area contributed by atoms with Crippen LogP contribution in [0.25, 0.3) is 0 Å². The fourth-order valence-corrected chi connectivity index (χ4v) is 3.18. The first-order valence-electron chi connectivity index (χ1n) is 6.94. The SMILES string of the molecule is Cl.NC(=O)CS(=O)(=O)c1ccc(C(=O)NCC(N)C2CC2)cc1. The van der Waals surface area contributed by atoms with E-state index in [0.717, 1.165) is 12.8 Å². The van der Waals surface area contributed by atoms with Crippen molar-refractivity contribution >= 4 is 34.1 Å². The van der Waals surface area contributed by atoms with E-state index in [9.17, 15) is 18.0 Å². The van der Waals surface area contributed by atoms with Gasteiger partial charge >= 0.3 is 0 Å². The van der Waals surface area contributed by atoms with Crippen LogP contribution in [0.15, 0.2) is 29.2 Å². The van der Waals surface area contributed by atoms with Gasteiger partial charge in [-0.05, 0) is 43.0 Å². The second-order valence-electron chi connectivity index (χ2n) is 5.46. The number of nitrogens with one attached hydrogen (secondary N) is 1. The molecule has 23 heavy (non-hydrogen) atoms. The Labute approximate surface area is 141 Å². The molecule has 2 amide bonds. The topological polar surface area (TPSA) is 132 Å². The van der Waals surface area contributed by atoms with Crippen molar-refractivity contribution in [3.63, 3.8) is 0 Å². The maximum absolute atomic E-state index is 11.9. The van der Waals surface area contributed by atoms with E-state index in [-0.39, 0.29) is 29.3 Å². The van der Waals surface area contributed by atoms with E-state index in [1.807, 2.05) is 0 Å². The van der Waals surface area contributed by atoms with Crippen LogP contribution in [-0.2, 0) is 14.6 Å². The van der Waals surface area contributed by atoms with Crippen LogP contribution in [0.5, 0.6) is 0 Å². The first kappa shape index (κ1) is 19.4. The standard InChI is InChI=1S/C14H19N3O4S.ClH/c15-12(9-1-2-9)7-17-14(19)10-3-5-11(6-4-10)22(20,21)8-13(16)18;/h3-6,9,12H,1-2,7-8,15H2,(H2,16,18)(H,17,19);1H. The molecule has 5 N–H and O–H groups in total. The number of halogens is 1. The number of nitrogens with two attached hydrogens (primary N) is 2. The van der Waals surface area contributed by atoms with Crippen LogP contribution < -0.4 is 16.8 Å². The van der Waals surface area contributed by atoms with Gasteiger partial charge in [0.1, 0.15) is 5.75 Å². The molecule has 1 aromatic carbocycles. The van der Waals surface area contributed by atoms with E-state index in [0.29, 0.717) is 18.0 Å². The van der Waals surface area contributed by atoms with Gasteiger partial charge in [0.25, 0.3) is 5.91 Å². The fourth-order valence-electron chi connectivity index (χ4n) is 2.09. The molecular formula is C14H20ClN3O4S. The van der Waals surface area contributed by atoms with Crippen molar-refractivity contribution in [2.75, 3.05) is 12.3 Å². The van der Waals surface area contributed by atoms with Gasteiger partial charge in [0.2, 0.25) is 5.91 Å². The second-order valence-corrected chi connectivity index (χ2v) is 7.45. The maximum atomic E-state index is 11.9. The molecule has 1 aliphatic rings. The van der Waals surface area contributed by atoms with Gasteiger partial charge in [0.05, 0.1) is 4.90 Å². The highest BCUT2D eigenvalue weighted by molar-refractivity contribution is 7.92. The van der Waals surface area contributed by atoms with Gasteiger partial charge in [0.15, 0.2) is 9.84 Å². The summed E-state index contributed by atoms with van der Waals surface area (Å²) in [6.07, 6.45) is 2.20. The van der Waals surface area contributed by atoms with Crippen LogP contribution in [0.4, 0.5) is 0 Å². The lowest BCUT2D eigenvalue weighted by Gasteiger charge is -2.11. The van der Waals surface area contributed by atoms with E-state index in [1.165, 1.54) is 24.3 Å². The molecule has 0 radical (unpaired) electrons. The van der Waals surface area contributed by atoms with Crippen molar-refractivity contribution in [1.29, 1.82) is 0 Å². The van der Waals surface area contributed by atoms with Crippen LogP contribution in [0.2, 0.25) is 0 Å². The van der Waals surface area contributed by atoms with Crippen molar-refractivity contribution in [3.8, 4) is 0 Å². The predicted octanol–water partition coefficient (Wildman–Crippen LogP) is -0.165. The molecule has 0 heterocycles. The molecule has 9 heteroatoms. The molecule has 1 aliphatic carbocycles. The zero-order valence-electron chi connectivity index (χ0n) is 12.4. The Kier molecular flexibility index (Phi) is 6.55. The summed E-state index contributed by atoms with van der Waals surface area (Å²) < 4.78 is 23.6. The molecule has 0 saturated heterocycles. The summed E-state index contributed by atoms with van der Waals surface area (Å²) in [4.78, 5) is 22.6. The van der Waals surface area contributed by atoms with Crippen LogP contribution >= 0.6 is 12.4 Å². The van der Waals surface area contributed by atoms with E-state index in [1.54, 1.807) is 0 Å². The molecule has 0 aromatic heterocycles. The highest BCUT2D eigenvalue weighted by Crippen LogP contribution is 2.31. The molecule has 128 valence electrons. The van der Waals surface area contributed by atoms with E-state index in [2.05, 4.69) is 5.32 Å². The molecular weight excluding hydrogens is 342 g/mol. The van der Waals surface area contributed by atoms with Crippen molar-refractivity contribution in [2.45, 2.75) is 23.8 Å². The van der Waals surface area contributed by atoms with Crippen LogP contribution in [0, 0.1) is 5.92 Å². The fraction of sp³-hybridized carbons (Fsp3) is 0.429. The highest BCUT2D eigenvalue weighted by atomic mass is 35.5. The molecule has 1 unspecified atom stereocenters. The average molecular weight is 362 g/mol. The Bertz CT molecular complexity index is 672. The average Bonchev–Trinajstić information content (AvgIpc) is 3.27. The summed E-state index contributed by atoms with van der Waals surface area (Å²) in [5, 5.41) is 2.72. The van der Waals surface area contributed by atoms with Gasteiger partial charge in [0, 0.05) is 18.2 Å². The summed E-state index contributed by atoms with van der Waals surface area (Å²) in [6.45, 7) is 0.394. The lowest BCUT2D eigenvalue weighted by Crippen LogP contribution is -2.38. The van der Waals surface area contributed by atoms with E-state index >= 15 is 0 Å². The lowest BCUT2D eigenvalue weighted by atomic mass is 10.2. The summed E-state index contributed by atoms with van der Waals surface area (Å²) in [5.41, 5.74) is 11.1. The van der Waals surface area contributed by atoms with Crippen molar-refractivity contribution in [1.82, 2.24) is 5.32 Å². The quantitative estimate of drug-likeness (QED) is 0.620. The zero-order valence-corrected chi connectivity index (χ0v) is 14.0. The molecule has 1 aromatic rings. The normalized spacial score (nSPS) is 15.3. The van der Waals surface area contributed by atoms with Gasteiger partial charge in [-0.3, -0.25) is 9.59 Å². The van der Waals surface area contributed by atoms with Crippen molar-refractivity contribution in [3.05, 3.63) is 29.8 Å². The minimum Gasteiger partial charge on any atom is -0.369 e.